The number of aryl methyl sites for hydroxylation is 2. The largest absolute Gasteiger partial charge is 0.308 e. The Morgan fingerprint density at radius 1 is 1.11 bits per heavy atom. The van der Waals surface area contributed by atoms with Crippen molar-refractivity contribution < 1.29 is 0 Å². The monoisotopic (exact) mass is 430 g/mol. The lowest BCUT2D eigenvalue weighted by atomic mass is 9.99. The smallest absolute Gasteiger partial charge is 0.160 e. The molecule has 0 radical (unpaired) electrons. The van der Waals surface area contributed by atoms with Crippen molar-refractivity contribution in [1.82, 2.24) is 14.5 Å². The van der Waals surface area contributed by atoms with Crippen LogP contribution in [0.4, 0.5) is 0 Å². The van der Waals surface area contributed by atoms with E-state index in [1.54, 1.807) is 0 Å². The summed E-state index contributed by atoms with van der Waals surface area (Å²) < 4.78 is 3.17. The first-order valence-corrected chi connectivity index (χ1v) is 10.00. The topological polar surface area (TPSA) is 54.5 Å². The highest BCUT2D eigenvalue weighted by atomic mass is 79.9. The van der Waals surface area contributed by atoms with E-state index in [1.165, 1.54) is 5.56 Å². The Morgan fingerprint density at radius 3 is 2.57 bits per heavy atom. The van der Waals surface area contributed by atoms with Gasteiger partial charge in [0.05, 0.1) is 18.2 Å². The fraction of sp³-hybridized carbons (Fsp3) is 0.174. The molecule has 4 rings (SSSR count). The molecule has 0 saturated carbocycles. The lowest BCUT2D eigenvalue weighted by Gasteiger charge is -2.10. The Balaban J connectivity index is 1.71. The summed E-state index contributed by atoms with van der Waals surface area (Å²) in [6, 6.07) is 18.3. The standard InChI is InChI=1S/C23H19BrN4/c1-3-21-27-22-15(2)20(24)13-26-23(22)28(21)14-16-8-10-17(11-9-16)19-7-5-4-6-18(19)12-25/h4-11,13H,3,14H2,1-2H3. The van der Waals surface area contributed by atoms with Crippen LogP contribution in [-0.2, 0) is 13.0 Å². The lowest BCUT2D eigenvalue weighted by Crippen LogP contribution is -2.05. The number of fused-ring (bicyclic) bond motifs is 1. The second-order valence-corrected chi connectivity index (χ2v) is 7.58. The first kappa shape index (κ1) is 18.4. The fourth-order valence-electron chi connectivity index (χ4n) is 3.44. The van der Waals surface area contributed by atoms with Crippen molar-refractivity contribution in [2.24, 2.45) is 0 Å². The average Bonchev–Trinajstić information content (AvgIpc) is 3.09. The van der Waals surface area contributed by atoms with Crippen LogP contribution in [-0.4, -0.2) is 14.5 Å². The van der Waals surface area contributed by atoms with Crippen LogP contribution in [0.2, 0.25) is 0 Å². The van der Waals surface area contributed by atoms with E-state index in [2.05, 4.69) is 69.7 Å². The molecular formula is C23H19BrN4. The van der Waals surface area contributed by atoms with E-state index in [0.717, 1.165) is 44.6 Å². The van der Waals surface area contributed by atoms with Gasteiger partial charge in [0.15, 0.2) is 5.65 Å². The van der Waals surface area contributed by atoms with Gasteiger partial charge in [0.2, 0.25) is 0 Å². The zero-order valence-electron chi connectivity index (χ0n) is 15.8. The zero-order valence-corrected chi connectivity index (χ0v) is 17.4. The average molecular weight is 431 g/mol. The predicted octanol–water partition coefficient (Wildman–Crippen LogP) is 5.65. The van der Waals surface area contributed by atoms with Gasteiger partial charge in [0.25, 0.3) is 0 Å². The van der Waals surface area contributed by atoms with Crippen molar-refractivity contribution in [1.29, 1.82) is 5.26 Å². The second-order valence-electron chi connectivity index (χ2n) is 6.73. The number of halogens is 1. The molecule has 5 heteroatoms. The minimum atomic E-state index is 0.689. The van der Waals surface area contributed by atoms with Crippen LogP contribution < -0.4 is 0 Å². The quantitative estimate of drug-likeness (QED) is 0.420. The molecule has 0 aliphatic rings. The highest BCUT2D eigenvalue weighted by Crippen LogP contribution is 2.27. The number of nitrogens with zero attached hydrogens (tertiary/aromatic N) is 4. The SMILES string of the molecule is CCc1nc2c(C)c(Br)cnc2n1Cc1ccc(-c2ccccc2C#N)cc1. The van der Waals surface area contributed by atoms with E-state index in [1.807, 2.05) is 30.5 Å². The summed E-state index contributed by atoms with van der Waals surface area (Å²) in [7, 11) is 0. The lowest BCUT2D eigenvalue weighted by molar-refractivity contribution is 0.746. The molecule has 0 saturated heterocycles. The van der Waals surface area contributed by atoms with Gasteiger partial charge in [-0.3, -0.25) is 0 Å². The number of hydrogen-bond donors (Lipinski definition) is 0. The summed E-state index contributed by atoms with van der Waals surface area (Å²) in [5.74, 6) is 1.03. The third kappa shape index (κ3) is 3.21. The summed E-state index contributed by atoms with van der Waals surface area (Å²) >= 11 is 3.55. The van der Waals surface area contributed by atoms with Crippen LogP contribution in [0.15, 0.2) is 59.2 Å². The molecule has 0 spiro atoms. The summed E-state index contributed by atoms with van der Waals surface area (Å²) in [4.78, 5) is 9.42. The number of pyridine rings is 1. The van der Waals surface area contributed by atoms with E-state index in [0.29, 0.717) is 12.1 Å². The number of benzene rings is 2. The molecule has 0 fully saturated rings. The molecule has 0 N–H and O–H groups in total. The van der Waals surface area contributed by atoms with Crippen molar-refractivity contribution in [2.45, 2.75) is 26.8 Å². The minimum Gasteiger partial charge on any atom is -0.308 e. The Labute approximate surface area is 172 Å². The third-order valence-corrected chi connectivity index (χ3v) is 5.80. The molecule has 4 aromatic rings. The van der Waals surface area contributed by atoms with E-state index < -0.39 is 0 Å². The molecule has 138 valence electrons. The van der Waals surface area contributed by atoms with Crippen molar-refractivity contribution in [3.63, 3.8) is 0 Å². The molecule has 2 aromatic heterocycles. The van der Waals surface area contributed by atoms with Crippen LogP contribution in [0.3, 0.4) is 0 Å². The first-order valence-electron chi connectivity index (χ1n) is 9.21. The van der Waals surface area contributed by atoms with Gasteiger partial charge in [0.1, 0.15) is 11.3 Å². The van der Waals surface area contributed by atoms with Crippen molar-refractivity contribution >= 4 is 27.1 Å². The molecule has 0 aliphatic heterocycles. The van der Waals surface area contributed by atoms with E-state index >= 15 is 0 Å². The molecule has 2 heterocycles. The van der Waals surface area contributed by atoms with Gasteiger partial charge < -0.3 is 4.57 Å². The Bertz CT molecular complexity index is 1200. The maximum absolute atomic E-state index is 9.34. The summed E-state index contributed by atoms with van der Waals surface area (Å²) in [5.41, 5.74) is 6.85. The minimum absolute atomic E-state index is 0.689. The summed E-state index contributed by atoms with van der Waals surface area (Å²) in [6.07, 6.45) is 2.69. The van der Waals surface area contributed by atoms with Gasteiger partial charge in [-0.25, -0.2) is 9.97 Å². The van der Waals surface area contributed by atoms with E-state index in [-0.39, 0.29) is 0 Å². The van der Waals surface area contributed by atoms with Crippen LogP contribution in [0, 0.1) is 18.3 Å². The summed E-state index contributed by atoms with van der Waals surface area (Å²) in [5, 5.41) is 9.34. The molecule has 0 amide bonds. The number of nitriles is 1. The van der Waals surface area contributed by atoms with Gasteiger partial charge in [-0.2, -0.15) is 5.26 Å². The highest BCUT2D eigenvalue weighted by Gasteiger charge is 2.14. The first-order chi connectivity index (χ1) is 13.6. The maximum atomic E-state index is 9.34. The van der Waals surface area contributed by atoms with Crippen LogP contribution in [0.25, 0.3) is 22.3 Å². The Kier molecular flexibility index (Phi) is 4.97. The Hall–Kier alpha value is -2.97. The fourth-order valence-corrected chi connectivity index (χ4v) is 3.73. The molecule has 2 aromatic carbocycles. The molecule has 0 aliphatic carbocycles. The van der Waals surface area contributed by atoms with Crippen molar-refractivity contribution in [2.75, 3.05) is 0 Å². The third-order valence-electron chi connectivity index (χ3n) is 5.00. The zero-order chi connectivity index (χ0) is 19.7. The maximum Gasteiger partial charge on any atom is 0.160 e. The predicted molar refractivity (Wildman–Crippen MR) is 115 cm³/mol. The molecule has 4 nitrogen and oxygen atoms in total. The van der Waals surface area contributed by atoms with Crippen molar-refractivity contribution in [3.8, 4) is 17.2 Å². The number of hydrogen-bond acceptors (Lipinski definition) is 3. The molecule has 28 heavy (non-hydrogen) atoms. The number of aromatic nitrogens is 3. The summed E-state index contributed by atoms with van der Waals surface area (Å²) in [6.45, 7) is 4.89. The molecular weight excluding hydrogens is 412 g/mol. The van der Waals surface area contributed by atoms with Gasteiger partial charge in [-0.05, 0) is 51.2 Å². The normalized spacial score (nSPS) is 10.9. The van der Waals surface area contributed by atoms with E-state index in [4.69, 9.17) is 4.98 Å². The highest BCUT2D eigenvalue weighted by molar-refractivity contribution is 9.10. The number of imidazole rings is 1. The van der Waals surface area contributed by atoms with Gasteiger partial charge >= 0.3 is 0 Å². The van der Waals surface area contributed by atoms with Gasteiger partial charge in [-0.1, -0.05) is 49.4 Å². The van der Waals surface area contributed by atoms with E-state index in [9.17, 15) is 5.26 Å². The molecule has 0 bridgehead atoms. The van der Waals surface area contributed by atoms with Gasteiger partial charge in [0, 0.05) is 17.1 Å². The van der Waals surface area contributed by atoms with Crippen molar-refractivity contribution in [3.05, 3.63) is 81.7 Å². The Morgan fingerprint density at radius 2 is 1.86 bits per heavy atom. The van der Waals surface area contributed by atoms with Crippen LogP contribution in [0.1, 0.15) is 29.4 Å². The van der Waals surface area contributed by atoms with Crippen LogP contribution >= 0.6 is 15.9 Å². The number of rotatable bonds is 4. The van der Waals surface area contributed by atoms with Crippen LogP contribution in [0.5, 0.6) is 0 Å². The second kappa shape index (κ2) is 7.57. The molecule has 0 unspecified atom stereocenters. The van der Waals surface area contributed by atoms with Gasteiger partial charge in [-0.15, -0.1) is 0 Å². The molecule has 0 atom stereocenters.